The Balaban J connectivity index is 1.58. The predicted molar refractivity (Wildman–Crippen MR) is 123 cm³/mol. The Hall–Kier alpha value is -2.44. The quantitative estimate of drug-likeness (QED) is 0.380. The molecule has 2 aromatic heterocycles. The van der Waals surface area contributed by atoms with Gasteiger partial charge in [0.2, 0.25) is 0 Å². The van der Waals surface area contributed by atoms with Crippen LogP contribution >= 0.6 is 23.5 Å². The van der Waals surface area contributed by atoms with Crippen molar-refractivity contribution >= 4 is 29.2 Å². The van der Waals surface area contributed by atoms with Gasteiger partial charge in [-0.3, -0.25) is 9.89 Å². The molecule has 0 unspecified atom stereocenters. The summed E-state index contributed by atoms with van der Waals surface area (Å²) in [5.41, 5.74) is 3.49. The Morgan fingerprint density at radius 3 is 2.55 bits per heavy atom. The van der Waals surface area contributed by atoms with Gasteiger partial charge < -0.3 is 0 Å². The second-order valence-electron chi connectivity index (χ2n) is 6.67. The topological polar surface area (TPSA) is 50.2 Å². The summed E-state index contributed by atoms with van der Waals surface area (Å²) >= 11 is 3.65. The van der Waals surface area contributed by atoms with Crippen molar-refractivity contribution in [3.05, 3.63) is 82.9 Å². The molecule has 29 heavy (non-hydrogen) atoms. The Labute approximate surface area is 178 Å². The van der Waals surface area contributed by atoms with E-state index in [4.69, 9.17) is 4.98 Å². The molecule has 148 valence electrons. The van der Waals surface area contributed by atoms with Crippen LogP contribution in [-0.4, -0.2) is 26.1 Å². The van der Waals surface area contributed by atoms with Gasteiger partial charge in [0.15, 0.2) is 5.65 Å². The molecule has 1 N–H and O–H groups in total. The van der Waals surface area contributed by atoms with Gasteiger partial charge in [-0.1, -0.05) is 49.0 Å². The van der Waals surface area contributed by atoms with Crippen LogP contribution in [0.25, 0.3) is 16.8 Å². The van der Waals surface area contributed by atoms with E-state index in [-0.39, 0.29) is 5.56 Å². The third-order valence-corrected chi connectivity index (χ3v) is 6.62. The second-order valence-corrected chi connectivity index (χ2v) is 9.21. The number of aromatic nitrogens is 3. The maximum absolute atomic E-state index is 12.5. The van der Waals surface area contributed by atoms with Gasteiger partial charge >= 0.3 is 0 Å². The Kier molecular flexibility index (Phi) is 6.42. The number of thioether (sulfide) groups is 1. The number of H-pyrrole nitrogens is 1. The van der Waals surface area contributed by atoms with Crippen molar-refractivity contribution in [2.45, 2.75) is 29.6 Å². The lowest BCUT2D eigenvalue weighted by atomic mass is 10.1. The van der Waals surface area contributed by atoms with Gasteiger partial charge in [0.1, 0.15) is 0 Å². The van der Waals surface area contributed by atoms with Gasteiger partial charge in [-0.15, -0.1) is 0 Å². The summed E-state index contributed by atoms with van der Waals surface area (Å²) in [7, 11) is 0. The monoisotopic (exact) mass is 421 g/mol. The molecule has 0 bridgehead atoms. The summed E-state index contributed by atoms with van der Waals surface area (Å²) in [5, 5.41) is 3.05. The van der Waals surface area contributed by atoms with Crippen LogP contribution in [0, 0.1) is 0 Å². The molecule has 4 nitrogen and oxygen atoms in total. The molecule has 4 aromatic rings. The van der Waals surface area contributed by atoms with E-state index in [1.807, 2.05) is 36.2 Å². The van der Waals surface area contributed by atoms with Crippen molar-refractivity contribution in [1.82, 2.24) is 14.6 Å². The van der Waals surface area contributed by atoms with Crippen LogP contribution in [0.2, 0.25) is 0 Å². The van der Waals surface area contributed by atoms with Crippen molar-refractivity contribution in [3.63, 3.8) is 0 Å². The summed E-state index contributed by atoms with van der Waals surface area (Å²) in [4.78, 5) is 19.6. The van der Waals surface area contributed by atoms with Crippen LogP contribution in [0.1, 0.15) is 19.0 Å². The van der Waals surface area contributed by atoms with E-state index in [0.717, 1.165) is 41.2 Å². The first kappa shape index (κ1) is 19.9. The largest absolute Gasteiger partial charge is 0.296 e. The molecule has 2 heterocycles. The minimum absolute atomic E-state index is 0.0596. The van der Waals surface area contributed by atoms with E-state index in [2.05, 4.69) is 48.4 Å². The molecule has 2 aromatic carbocycles. The Bertz CT molecular complexity index is 1130. The van der Waals surface area contributed by atoms with Crippen LogP contribution < -0.4 is 5.56 Å². The van der Waals surface area contributed by atoms with Crippen molar-refractivity contribution in [1.29, 1.82) is 0 Å². The highest BCUT2D eigenvalue weighted by molar-refractivity contribution is 7.99. The molecule has 0 amide bonds. The first-order valence-corrected chi connectivity index (χ1v) is 11.7. The fraction of sp³-hybridized carbons (Fsp3) is 0.217. The molecule has 6 heteroatoms. The fourth-order valence-corrected chi connectivity index (χ4v) is 4.67. The molecule has 0 spiro atoms. The van der Waals surface area contributed by atoms with Crippen molar-refractivity contribution in [3.8, 4) is 11.1 Å². The smallest absolute Gasteiger partial charge is 0.272 e. The van der Waals surface area contributed by atoms with Gasteiger partial charge in [0.05, 0.1) is 0 Å². The molecule has 0 aliphatic rings. The van der Waals surface area contributed by atoms with Gasteiger partial charge in [0, 0.05) is 33.3 Å². The molecule has 0 atom stereocenters. The summed E-state index contributed by atoms with van der Waals surface area (Å²) in [6.07, 6.45) is 3.72. The number of aryl methyl sites for hydroxylation is 1. The average molecular weight is 422 g/mol. The number of fused-ring (bicyclic) bond motifs is 1. The van der Waals surface area contributed by atoms with E-state index in [9.17, 15) is 4.79 Å². The maximum Gasteiger partial charge on any atom is 0.272 e. The van der Waals surface area contributed by atoms with Crippen LogP contribution in [0.5, 0.6) is 0 Å². The van der Waals surface area contributed by atoms with E-state index >= 15 is 0 Å². The zero-order chi connectivity index (χ0) is 20.1. The second kappa shape index (κ2) is 9.37. The number of nitrogens with zero attached hydrogens (tertiary/aromatic N) is 2. The van der Waals surface area contributed by atoms with Gasteiger partial charge in [0.25, 0.3) is 5.56 Å². The zero-order valence-corrected chi connectivity index (χ0v) is 17.9. The number of hydrogen-bond acceptors (Lipinski definition) is 4. The lowest BCUT2D eigenvalue weighted by Gasteiger charge is -2.05. The highest BCUT2D eigenvalue weighted by Crippen LogP contribution is 2.30. The standard InChI is InChI=1S/C23H23N3OS2/c1-2-28-14-6-7-18-15-22(27)26-23(25-18)21(16-24-26)17-10-12-20(13-11-17)29-19-8-4-3-5-9-19/h3-5,8-13,15-16,24H,2,6-7,14H2,1H3. The molecule has 0 aliphatic heterocycles. The van der Waals surface area contributed by atoms with E-state index in [1.54, 1.807) is 17.8 Å². The van der Waals surface area contributed by atoms with Crippen LogP contribution in [0.3, 0.4) is 0 Å². The van der Waals surface area contributed by atoms with E-state index in [0.29, 0.717) is 5.65 Å². The lowest BCUT2D eigenvalue weighted by molar-refractivity contribution is 0.844. The Morgan fingerprint density at radius 1 is 1.03 bits per heavy atom. The first-order valence-electron chi connectivity index (χ1n) is 9.76. The molecule has 0 radical (unpaired) electrons. The maximum atomic E-state index is 12.5. The van der Waals surface area contributed by atoms with Crippen LogP contribution in [0.15, 0.2) is 81.4 Å². The highest BCUT2D eigenvalue weighted by atomic mass is 32.2. The number of benzene rings is 2. The van der Waals surface area contributed by atoms with Crippen molar-refractivity contribution in [2.75, 3.05) is 11.5 Å². The van der Waals surface area contributed by atoms with E-state index < -0.39 is 0 Å². The molecule has 0 saturated heterocycles. The van der Waals surface area contributed by atoms with Gasteiger partial charge in [-0.25, -0.2) is 9.50 Å². The van der Waals surface area contributed by atoms with Crippen LogP contribution in [0.4, 0.5) is 0 Å². The SMILES string of the molecule is CCSCCCc1cc(=O)n2[nH]cc(-c3ccc(Sc4ccccc4)cc3)c2n1. The third-order valence-electron chi connectivity index (χ3n) is 4.62. The normalized spacial score (nSPS) is 11.2. The minimum atomic E-state index is -0.0596. The summed E-state index contributed by atoms with van der Waals surface area (Å²) in [6.45, 7) is 2.16. The number of nitrogens with one attached hydrogen (secondary N) is 1. The summed E-state index contributed by atoms with van der Waals surface area (Å²) < 4.78 is 1.52. The first-order chi connectivity index (χ1) is 14.2. The molecule has 0 aliphatic carbocycles. The van der Waals surface area contributed by atoms with Crippen molar-refractivity contribution in [2.24, 2.45) is 0 Å². The van der Waals surface area contributed by atoms with Crippen LogP contribution in [-0.2, 0) is 6.42 Å². The Morgan fingerprint density at radius 2 is 1.79 bits per heavy atom. The average Bonchev–Trinajstić information content (AvgIpc) is 3.17. The summed E-state index contributed by atoms with van der Waals surface area (Å²) in [5.74, 6) is 2.22. The van der Waals surface area contributed by atoms with Gasteiger partial charge in [-0.2, -0.15) is 11.8 Å². The summed E-state index contributed by atoms with van der Waals surface area (Å²) in [6, 6.07) is 20.4. The molecule has 0 saturated carbocycles. The molecular formula is C23H23N3OS2. The third kappa shape index (κ3) is 4.77. The lowest BCUT2D eigenvalue weighted by Crippen LogP contribution is -2.15. The number of rotatable bonds is 8. The fourth-order valence-electron chi connectivity index (χ4n) is 3.20. The molecule has 4 rings (SSSR count). The van der Waals surface area contributed by atoms with Crippen molar-refractivity contribution < 1.29 is 0 Å². The zero-order valence-electron chi connectivity index (χ0n) is 16.3. The van der Waals surface area contributed by atoms with Gasteiger partial charge in [-0.05, 0) is 54.2 Å². The minimum Gasteiger partial charge on any atom is -0.296 e. The molecule has 0 fully saturated rings. The number of hydrogen-bond donors (Lipinski definition) is 1. The van der Waals surface area contributed by atoms with E-state index in [1.165, 1.54) is 14.3 Å². The predicted octanol–water partition coefficient (Wildman–Crippen LogP) is 5.53. The number of aromatic amines is 1. The highest BCUT2D eigenvalue weighted by Gasteiger charge is 2.11. The molecular weight excluding hydrogens is 398 g/mol.